The van der Waals surface area contributed by atoms with Crippen LogP contribution in [0.15, 0.2) is 0 Å². The lowest BCUT2D eigenvalue weighted by Gasteiger charge is -2.10. The Morgan fingerprint density at radius 3 is 2.85 bits per heavy atom. The molecule has 78 valence electrons. The Hall–Kier alpha value is -0.850. The van der Waals surface area contributed by atoms with Crippen molar-refractivity contribution in [3.63, 3.8) is 0 Å². The van der Waals surface area contributed by atoms with Gasteiger partial charge in [0.1, 0.15) is 0 Å². The SMILES string of the molecule is COCC(O)CNCCNC(N)=O. The Labute approximate surface area is 77.4 Å². The van der Waals surface area contributed by atoms with Crippen LogP contribution in [0.5, 0.6) is 0 Å². The summed E-state index contributed by atoms with van der Waals surface area (Å²) in [5.41, 5.74) is 4.83. The number of aliphatic hydroxyl groups is 1. The second kappa shape index (κ2) is 7.78. The van der Waals surface area contributed by atoms with Gasteiger partial charge >= 0.3 is 6.03 Å². The van der Waals surface area contributed by atoms with Gasteiger partial charge in [-0.15, -0.1) is 0 Å². The number of carbonyl (C=O) groups excluding carboxylic acids is 1. The predicted molar refractivity (Wildman–Crippen MR) is 48.3 cm³/mol. The average molecular weight is 191 g/mol. The highest BCUT2D eigenvalue weighted by Gasteiger charge is 2.01. The largest absolute Gasteiger partial charge is 0.389 e. The van der Waals surface area contributed by atoms with E-state index in [-0.39, 0.29) is 0 Å². The van der Waals surface area contributed by atoms with Crippen molar-refractivity contribution in [2.75, 3.05) is 33.4 Å². The Morgan fingerprint density at radius 1 is 1.62 bits per heavy atom. The van der Waals surface area contributed by atoms with E-state index in [1.165, 1.54) is 7.11 Å². The number of aliphatic hydroxyl groups excluding tert-OH is 1. The molecule has 0 fully saturated rings. The van der Waals surface area contributed by atoms with Gasteiger partial charge in [0.15, 0.2) is 0 Å². The van der Waals surface area contributed by atoms with Crippen molar-refractivity contribution < 1.29 is 14.6 Å². The van der Waals surface area contributed by atoms with Gasteiger partial charge in [0.05, 0.1) is 12.7 Å². The van der Waals surface area contributed by atoms with Crippen LogP contribution in [-0.2, 0) is 4.74 Å². The normalized spacial score (nSPS) is 12.5. The van der Waals surface area contributed by atoms with Crippen molar-refractivity contribution >= 4 is 6.03 Å². The van der Waals surface area contributed by atoms with E-state index in [0.717, 1.165) is 0 Å². The number of hydrogen-bond donors (Lipinski definition) is 4. The summed E-state index contributed by atoms with van der Waals surface area (Å²) in [4.78, 5) is 10.2. The summed E-state index contributed by atoms with van der Waals surface area (Å²) in [7, 11) is 1.53. The highest BCUT2D eigenvalue weighted by molar-refractivity contribution is 5.71. The maximum Gasteiger partial charge on any atom is 0.312 e. The van der Waals surface area contributed by atoms with Gasteiger partial charge in [-0.2, -0.15) is 0 Å². The van der Waals surface area contributed by atoms with Gasteiger partial charge in [-0.25, -0.2) is 4.79 Å². The number of hydrogen-bond acceptors (Lipinski definition) is 4. The van der Waals surface area contributed by atoms with Gasteiger partial charge in [0, 0.05) is 26.7 Å². The molecule has 0 heterocycles. The van der Waals surface area contributed by atoms with E-state index >= 15 is 0 Å². The van der Waals surface area contributed by atoms with E-state index in [1.807, 2.05) is 0 Å². The van der Waals surface area contributed by atoms with Gasteiger partial charge in [-0.05, 0) is 0 Å². The van der Waals surface area contributed by atoms with Crippen molar-refractivity contribution in [2.45, 2.75) is 6.10 Å². The molecule has 0 aliphatic rings. The number of carbonyl (C=O) groups is 1. The van der Waals surface area contributed by atoms with E-state index in [9.17, 15) is 4.79 Å². The second-order valence-corrected chi connectivity index (χ2v) is 2.60. The highest BCUT2D eigenvalue weighted by atomic mass is 16.5. The van der Waals surface area contributed by atoms with Crippen molar-refractivity contribution in [2.24, 2.45) is 5.73 Å². The zero-order valence-electron chi connectivity index (χ0n) is 7.75. The summed E-state index contributed by atoms with van der Waals surface area (Å²) in [6, 6.07) is -0.542. The third-order valence-corrected chi connectivity index (χ3v) is 1.34. The number of amides is 2. The first kappa shape index (κ1) is 12.2. The van der Waals surface area contributed by atoms with Crippen molar-refractivity contribution in [1.82, 2.24) is 10.6 Å². The molecule has 13 heavy (non-hydrogen) atoms. The summed E-state index contributed by atoms with van der Waals surface area (Å²) >= 11 is 0. The standard InChI is InChI=1S/C7H17N3O3/c1-13-5-6(11)4-9-2-3-10-7(8)12/h6,9,11H,2-5H2,1H3,(H3,8,10,12). The molecule has 0 radical (unpaired) electrons. The molecule has 6 nitrogen and oxygen atoms in total. The summed E-state index contributed by atoms with van der Waals surface area (Å²) < 4.78 is 4.72. The molecule has 0 rings (SSSR count). The van der Waals surface area contributed by atoms with Gasteiger partial charge < -0.3 is 26.2 Å². The lowest BCUT2D eigenvalue weighted by Crippen LogP contribution is -2.38. The van der Waals surface area contributed by atoms with E-state index in [0.29, 0.717) is 26.2 Å². The molecular weight excluding hydrogens is 174 g/mol. The molecular formula is C7H17N3O3. The fraction of sp³-hybridized carbons (Fsp3) is 0.857. The molecule has 5 N–H and O–H groups in total. The Kier molecular flexibility index (Phi) is 7.27. The molecule has 0 aliphatic heterocycles. The van der Waals surface area contributed by atoms with Gasteiger partial charge in [0.25, 0.3) is 0 Å². The second-order valence-electron chi connectivity index (χ2n) is 2.60. The van der Waals surface area contributed by atoms with Crippen LogP contribution >= 0.6 is 0 Å². The van der Waals surface area contributed by atoms with Crippen molar-refractivity contribution in [3.05, 3.63) is 0 Å². The minimum Gasteiger partial charge on any atom is -0.389 e. The van der Waals surface area contributed by atoms with Crippen LogP contribution in [0.3, 0.4) is 0 Å². The molecule has 0 saturated carbocycles. The van der Waals surface area contributed by atoms with Crippen LogP contribution in [0.2, 0.25) is 0 Å². The first-order valence-corrected chi connectivity index (χ1v) is 4.08. The molecule has 1 atom stereocenters. The Balaban J connectivity index is 3.11. The minimum atomic E-state index is -0.542. The summed E-state index contributed by atoms with van der Waals surface area (Å²) in [6.07, 6.45) is -0.515. The third kappa shape index (κ3) is 9.06. The predicted octanol–water partition coefficient (Wildman–Crippen LogP) is -1.75. The van der Waals surface area contributed by atoms with Gasteiger partial charge in [0.2, 0.25) is 0 Å². The van der Waals surface area contributed by atoms with E-state index < -0.39 is 12.1 Å². The zero-order valence-corrected chi connectivity index (χ0v) is 7.75. The fourth-order valence-electron chi connectivity index (χ4n) is 0.794. The fourth-order valence-corrected chi connectivity index (χ4v) is 0.794. The number of methoxy groups -OCH3 is 1. The molecule has 0 spiro atoms. The molecule has 0 saturated heterocycles. The van der Waals surface area contributed by atoms with Crippen LogP contribution in [0.4, 0.5) is 4.79 Å². The summed E-state index contributed by atoms with van der Waals surface area (Å²) in [6.45, 7) is 1.77. The smallest absolute Gasteiger partial charge is 0.312 e. The maximum atomic E-state index is 10.2. The molecule has 2 amide bonds. The minimum absolute atomic E-state index is 0.302. The molecule has 0 aromatic heterocycles. The number of ether oxygens (including phenoxy) is 1. The number of primary amides is 1. The lowest BCUT2D eigenvalue weighted by molar-refractivity contribution is 0.0648. The van der Waals surface area contributed by atoms with Gasteiger partial charge in [-0.3, -0.25) is 0 Å². The molecule has 1 unspecified atom stereocenters. The molecule has 6 heteroatoms. The first-order valence-electron chi connectivity index (χ1n) is 4.08. The molecule has 0 aromatic carbocycles. The van der Waals surface area contributed by atoms with Crippen LogP contribution in [-0.4, -0.2) is 50.6 Å². The number of nitrogens with two attached hydrogens (primary N) is 1. The van der Waals surface area contributed by atoms with Crippen LogP contribution in [0.25, 0.3) is 0 Å². The molecule has 0 aliphatic carbocycles. The van der Waals surface area contributed by atoms with E-state index in [1.54, 1.807) is 0 Å². The monoisotopic (exact) mass is 191 g/mol. The van der Waals surface area contributed by atoms with Crippen LogP contribution in [0, 0.1) is 0 Å². The third-order valence-electron chi connectivity index (χ3n) is 1.34. The van der Waals surface area contributed by atoms with Crippen LogP contribution in [0.1, 0.15) is 0 Å². The quantitative estimate of drug-likeness (QED) is 0.359. The molecule has 0 aromatic rings. The Morgan fingerprint density at radius 2 is 2.31 bits per heavy atom. The highest BCUT2D eigenvalue weighted by Crippen LogP contribution is 1.79. The number of nitrogens with one attached hydrogen (secondary N) is 2. The summed E-state index contributed by atoms with van der Waals surface area (Å²) in [5.74, 6) is 0. The topological polar surface area (TPSA) is 96.6 Å². The number of urea groups is 1. The van der Waals surface area contributed by atoms with Crippen molar-refractivity contribution in [1.29, 1.82) is 0 Å². The summed E-state index contributed by atoms with van der Waals surface area (Å²) in [5, 5.41) is 14.5. The van der Waals surface area contributed by atoms with Crippen LogP contribution < -0.4 is 16.4 Å². The average Bonchev–Trinajstić information content (AvgIpc) is 2.03. The first-order chi connectivity index (χ1) is 6.16. The van der Waals surface area contributed by atoms with Gasteiger partial charge in [-0.1, -0.05) is 0 Å². The number of rotatable bonds is 7. The van der Waals surface area contributed by atoms with Crippen molar-refractivity contribution in [3.8, 4) is 0 Å². The van der Waals surface area contributed by atoms with E-state index in [4.69, 9.17) is 15.6 Å². The molecule has 0 bridgehead atoms. The Bertz CT molecular complexity index is 143. The zero-order chi connectivity index (χ0) is 10.1. The van der Waals surface area contributed by atoms with E-state index in [2.05, 4.69) is 10.6 Å². The maximum absolute atomic E-state index is 10.2. The lowest BCUT2D eigenvalue weighted by atomic mass is 10.4.